The lowest BCUT2D eigenvalue weighted by Gasteiger charge is -2.21. The van der Waals surface area contributed by atoms with Crippen molar-refractivity contribution in [3.63, 3.8) is 0 Å². The third kappa shape index (κ3) is 10.0. The summed E-state index contributed by atoms with van der Waals surface area (Å²) in [5.41, 5.74) is 2.07. The van der Waals surface area contributed by atoms with E-state index in [4.69, 9.17) is 9.84 Å². The molecule has 0 saturated heterocycles. The smallest absolute Gasteiger partial charge is 0.293 e. The monoisotopic (exact) mass is 706 g/mol. The minimum absolute atomic E-state index is 0.0351. The summed E-state index contributed by atoms with van der Waals surface area (Å²) in [4.78, 5) is 38.8. The van der Waals surface area contributed by atoms with E-state index < -0.39 is 37.5 Å². The van der Waals surface area contributed by atoms with Gasteiger partial charge in [0.1, 0.15) is 11.4 Å². The van der Waals surface area contributed by atoms with Crippen LogP contribution in [0.25, 0.3) is 11.1 Å². The van der Waals surface area contributed by atoms with Gasteiger partial charge in [-0.05, 0) is 66.4 Å². The number of nitro groups is 1. The van der Waals surface area contributed by atoms with Crippen LogP contribution in [0, 0.1) is 10.1 Å². The molecule has 258 valence electrons. The van der Waals surface area contributed by atoms with Crippen LogP contribution in [-0.4, -0.2) is 74.8 Å². The predicted molar refractivity (Wildman–Crippen MR) is 189 cm³/mol. The Labute approximate surface area is 289 Å². The van der Waals surface area contributed by atoms with Crippen molar-refractivity contribution >= 4 is 45.0 Å². The number of ether oxygens (including phenoxy) is 1. The number of sulfonamides is 1. The Hall–Kier alpha value is -4.92. The van der Waals surface area contributed by atoms with Crippen molar-refractivity contribution in [1.29, 1.82) is 0 Å². The summed E-state index contributed by atoms with van der Waals surface area (Å²) in [7, 11) is 0.274. The maximum absolute atomic E-state index is 13.2. The van der Waals surface area contributed by atoms with Crippen LogP contribution in [0.1, 0.15) is 28.8 Å². The number of anilines is 1. The van der Waals surface area contributed by atoms with Gasteiger partial charge in [0.2, 0.25) is 5.91 Å². The topological polar surface area (TPSA) is 168 Å². The number of rotatable bonds is 16. The van der Waals surface area contributed by atoms with E-state index in [1.807, 2.05) is 53.3 Å². The van der Waals surface area contributed by atoms with E-state index in [9.17, 15) is 28.1 Å². The second kappa shape index (κ2) is 17.0. The van der Waals surface area contributed by atoms with Gasteiger partial charge in [-0.15, -0.1) is 11.8 Å². The van der Waals surface area contributed by atoms with Crippen molar-refractivity contribution in [3.8, 4) is 16.9 Å². The number of aliphatic hydroxyl groups is 1. The Balaban J connectivity index is 1.51. The lowest BCUT2D eigenvalue weighted by atomic mass is 9.99. The highest BCUT2D eigenvalue weighted by Gasteiger charge is 2.26. The lowest BCUT2D eigenvalue weighted by molar-refractivity contribution is -0.384. The SMILES string of the molecule is COc1cc(CCCO)ccc1-c1ccc(C(=O)NS(=O)(=O)c2ccc(N[C@@H](CSc3ccccc3)CC(=O)N(C)C)c([N+](=O)[O-])c2)cc1. The Bertz CT molecular complexity index is 1890. The minimum atomic E-state index is -4.51. The number of aliphatic hydroxyl groups excluding tert-OH is 1. The van der Waals surface area contributed by atoms with E-state index in [2.05, 4.69) is 5.32 Å². The first-order chi connectivity index (χ1) is 23.4. The molecule has 0 radical (unpaired) electrons. The number of nitrogens with one attached hydrogen (secondary N) is 2. The van der Waals surface area contributed by atoms with Crippen LogP contribution in [-0.2, 0) is 21.2 Å². The van der Waals surface area contributed by atoms with E-state index in [-0.39, 0.29) is 30.2 Å². The third-order valence-electron chi connectivity index (χ3n) is 7.52. The van der Waals surface area contributed by atoms with Gasteiger partial charge in [-0.2, -0.15) is 0 Å². The Morgan fingerprint density at radius 1 is 1.00 bits per heavy atom. The molecule has 0 saturated carbocycles. The molecule has 4 rings (SSSR count). The number of aryl methyl sites for hydroxylation is 1. The van der Waals surface area contributed by atoms with Gasteiger partial charge in [-0.25, -0.2) is 13.1 Å². The number of amides is 2. The van der Waals surface area contributed by atoms with Crippen LogP contribution in [0.4, 0.5) is 11.4 Å². The van der Waals surface area contributed by atoms with E-state index in [0.717, 1.165) is 27.7 Å². The van der Waals surface area contributed by atoms with E-state index >= 15 is 0 Å². The highest BCUT2D eigenvalue weighted by molar-refractivity contribution is 7.99. The number of hydrogen-bond donors (Lipinski definition) is 3. The second-order valence-electron chi connectivity index (χ2n) is 11.3. The largest absolute Gasteiger partial charge is 0.496 e. The van der Waals surface area contributed by atoms with Crippen molar-refractivity contribution in [3.05, 3.63) is 112 Å². The summed E-state index contributed by atoms with van der Waals surface area (Å²) < 4.78 is 34.0. The molecule has 1 atom stereocenters. The Morgan fingerprint density at radius 2 is 1.71 bits per heavy atom. The molecule has 49 heavy (non-hydrogen) atoms. The molecular weight excluding hydrogens is 669 g/mol. The zero-order valence-corrected chi connectivity index (χ0v) is 28.9. The van der Waals surface area contributed by atoms with Crippen LogP contribution < -0.4 is 14.8 Å². The van der Waals surface area contributed by atoms with Gasteiger partial charge < -0.3 is 20.1 Å². The highest BCUT2D eigenvalue weighted by atomic mass is 32.2. The van der Waals surface area contributed by atoms with Gasteiger partial charge in [0.25, 0.3) is 21.6 Å². The van der Waals surface area contributed by atoms with Crippen molar-refractivity contribution in [2.45, 2.75) is 35.1 Å². The number of methoxy groups -OCH3 is 1. The average Bonchev–Trinajstić information content (AvgIpc) is 3.09. The summed E-state index contributed by atoms with van der Waals surface area (Å²) in [6, 6.07) is 24.2. The number of hydrogen-bond acceptors (Lipinski definition) is 10. The summed E-state index contributed by atoms with van der Waals surface area (Å²) in [5.74, 6) is -0.0865. The van der Waals surface area contributed by atoms with Crippen LogP contribution in [0.3, 0.4) is 0 Å². The molecule has 2 amide bonds. The minimum Gasteiger partial charge on any atom is -0.496 e. The maximum Gasteiger partial charge on any atom is 0.293 e. The summed E-state index contributed by atoms with van der Waals surface area (Å²) in [6.45, 7) is 0.0818. The second-order valence-corrected chi connectivity index (χ2v) is 14.0. The Kier molecular flexibility index (Phi) is 12.8. The summed E-state index contributed by atoms with van der Waals surface area (Å²) >= 11 is 1.47. The predicted octanol–water partition coefficient (Wildman–Crippen LogP) is 5.37. The standard InChI is InChI=1S/C35H38N4O8S2/c1-38(2)34(41)21-27(23-48-28-9-5-4-6-10-28)36-31-18-16-29(22-32(31)39(43)44)49(45,46)37-35(42)26-14-12-25(13-15-26)30-17-11-24(8-7-19-40)20-33(30)47-3/h4-6,9-18,20,22,27,36,40H,7-8,19,21,23H2,1-3H3,(H,37,42)/t27-/m1/s1. The van der Waals surface area contributed by atoms with Gasteiger partial charge in [-0.1, -0.05) is 42.5 Å². The Morgan fingerprint density at radius 3 is 2.35 bits per heavy atom. The van der Waals surface area contributed by atoms with Gasteiger partial charge >= 0.3 is 0 Å². The molecule has 0 aromatic heterocycles. The van der Waals surface area contributed by atoms with Crippen LogP contribution in [0.15, 0.2) is 101 Å². The molecule has 0 spiro atoms. The molecule has 0 aliphatic rings. The maximum atomic E-state index is 13.2. The number of carbonyl (C=O) groups is 2. The van der Waals surface area contributed by atoms with Gasteiger partial charge in [-0.3, -0.25) is 19.7 Å². The zero-order valence-electron chi connectivity index (χ0n) is 27.3. The lowest BCUT2D eigenvalue weighted by Crippen LogP contribution is -2.32. The molecule has 0 fully saturated rings. The fourth-order valence-corrected chi connectivity index (χ4v) is 6.82. The van der Waals surface area contributed by atoms with Crippen molar-refractivity contribution in [2.24, 2.45) is 0 Å². The quantitative estimate of drug-likeness (QED) is 0.0783. The van der Waals surface area contributed by atoms with E-state index in [0.29, 0.717) is 24.3 Å². The highest BCUT2D eigenvalue weighted by Crippen LogP contribution is 2.32. The molecule has 0 aliphatic carbocycles. The first-order valence-corrected chi connectivity index (χ1v) is 17.8. The molecule has 0 aliphatic heterocycles. The number of thioether (sulfide) groups is 1. The molecule has 0 unspecified atom stereocenters. The number of carbonyl (C=O) groups excluding carboxylic acids is 2. The van der Waals surface area contributed by atoms with Crippen molar-refractivity contribution < 1.29 is 32.8 Å². The normalized spacial score (nSPS) is 11.8. The molecule has 4 aromatic rings. The number of benzene rings is 4. The van der Waals surface area contributed by atoms with Gasteiger partial charge in [0, 0.05) is 61.0 Å². The molecule has 4 aromatic carbocycles. The molecule has 12 nitrogen and oxygen atoms in total. The molecule has 0 heterocycles. The summed E-state index contributed by atoms with van der Waals surface area (Å²) in [5, 5.41) is 24.2. The molecule has 3 N–H and O–H groups in total. The van der Waals surface area contributed by atoms with E-state index in [1.54, 1.807) is 33.3 Å². The number of nitro benzene ring substituents is 1. The van der Waals surface area contributed by atoms with Crippen molar-refractivity contribution in [2.75, 3.05) is 38.9 Å². The number of nitrogens with zero attached hydrogens (tertiary/aromatic N) is 2. The molecule has 0 bridgehead atoms. The van der Waals surface area contributed by atoms with Crippen LogP contribution >= 0.6 is 11.8 Å². The summed E-state index contributed by atoms with van der Waals surface area (Å²) in [6.07, 6.45) is 1.36. The average molecular weight is 707 g/mol. The fourth-order valence-electron chi connectivity index (χ4n) is 4.88. The molecular formula is C35H38N4O8S2. The van der Waals surface area contributed by atoms with Gasteiger partial charge in [0.05, 0.1) is 16.9 Å². The fraction of sp³-hybridized carbons (Fsp3) is 0.257. The molecule has 14 heteroatoms. The first-order valence-electron chi connectivity index (χ1n) is 15.3. The van der Waals surface area contributed by atoms with Crippen molar-refractivity contribution in [1.82, 2.24) is 9.62 Å². The van der Waals surface area contributed by atoms with Crippen LogP contribution in [0.2, 0.25) is 0 Å². The van der Waals surface area contributed by atoms with E-state index in [1.165, 1.54) is 40.9 Å². The first kappa shape index (κ1) is 36.9. The third-order valence-corrected chi connectivity index (χ3v) is 10.0. The van der Waals surface area contributed by atoms with Crippen LogP contribution in [0.5, 0.6) is 5.75 Å². The zero-order chi connectivity index (χ0) is 35.6. The van der Waals surface area contributed by atoms with Gasteiger partial charge in [0.15, 0.2) is 0 Å².